The molecule has 0 fully saturated rings. The van der Waals surface area contributed by atoms with Crippen LogP contribution in [-0.4, -0.2) is 44.2 Å². The van der Waals surface area contributed by atoms with Gasteiger partial charge in [-0.25, -0.2) is 8.42 Å². The van der Waals surface area contributed by atoms with Crippen molar-refractivity contribution in [1.29, 1.82) is 0 Å². The molecule has 0 aliphatic rings. The van der Waals surface area contributed by atoms with E-state index in [1.54, 1.807) is 32.9 Å². The van der Waals surface area contributed by atoms with E-state index >= 15 is 0 Å². The zero-order valence-corrected chi connectivity index (χ0v) is 15.1. The molecule has 24 heavy (non-hydrogen) atoms. The number of amides is 2. The minimum absolute atomic E-state index is 0.196. The van der Waals surface area contributed by atoms with Crippen molar-refractivity contribution >= 4 is 21.7 Å². The van der Waals surface area contributed by atoms with Gasteiger partial charge in [0.25, 0.3) is 0 Å². The topological polar surface area (TPSA) is 113 Å². The number of nitrogens with one attached hydrogen (secondary N) is 2. The fraction of sp³-hybridized carbons (Fsp3) is 0.500. The lowest BCUT2D eigenvalue weighted by atomic mass is 10.1. The van der Waals surface area contributed by atoms with E-state index in [1.165, 1.54) is 12.1 Å². The fourth-order valence-electron chi connectivity index (χ4n) is 1.93. The lowest BCUT2D eigenvalue weighted by Gasteiger charge is -2.21. The first-order valence-corrected chi connectivity index (χ1v) is 9.47. The van der Waals surface area contributed by atoms with E-state index in [1.807, 2.05) is 0 Å². The Morgan fingerprint density at radius 1 is 1.04 bits per heavy atom. The second-order valence-corrected chi connectivity index (χ2v) is 7.99. The van der Waals surface area contributed by atoms with Gasteiger partial charge >= 0.3 is 0 Å². The van der Waals surface area contributed by atoms with Gasteiger partial charge in [-0.3, -0.25) is 9.59 Å². The van der Waals surface area contributed by atoms with Crippen molar-refractivity contribution in [1.82, 2.24) is 10.6 Å². The number of rotatable bonds is 7. The van der Waals surface area contributed by atoms with Gasteiger partial charge in [0.1, 0.15) is 6.04 Å². The van der Waals surface area contributed by atoms with Crippen LogP contribution in [0.3, 0.4) is 0 Å². The van der Waals surface area contributed by atoms with Crippen molar-refractivity contribution in [3.05, 3.63) is 29.8 Å². The van der Waals surface area contributed by atoms with E-state index in [0.717, 1.165) is 6.26 Å². The van der Waals surface area contributed by atoms with Crippen molar-refractivity contribution in [3.8, 4) is 0 Å². The van der Waals surface area contributed by atoms with Crippen molar-refractivity contribution in [2.45, 2.75) is 37.8 Å². The first kappa shape index (κ1) is 20.1. The molecule has 1 rings (SSSR count). The van der Waals surface area contributed by atoms with Crippen LogP contribution in [0.1, 0.15) is 32.4 Å². The average molecular weight is 356 g/mol. The number of aliphatic hydroxyl groups is 1. The molecule has 0 spiro atoms. The smallest absolute Gasteiger partial charge is 0.245 e. The molecule has 0 bridgehead atoms. The molecule has 1 aromatic rings. The van der Waals surface area contributed by atoms with E-state index < -0.39 is 34.4 Å². The summed E-state index contributed by atoms with van der Waals surface area (Å²) in [5, 5.41) is 14.5. The van der Waals surface area contributed by atoms with Crippen LogP contribution in [0, 0.1) is 5.92 Å². The molecule has 3 N–H and O–H groups in total. The first-order valence-electron chi connectivity index (χ1n) is 7.58. The lowest BCUT2D eigenvalue weighted by Crippen LogP contribution is -2.50. The molecule has 1 aromatic carbocycles. The molecular formula is C16H24N2O5S. The summed E-state index contributed by atoms with van der Waals surface area (Å²) >= 11 is 0. The molecule has 0 aliphatic heterocycles. The van der Waals surface area contributed by atoms with Crippen LogP contribution in [0.15, 0.2) is 29.2 Å². The largest absolute Gasteiger partial charge is 0.394 e. The van der Waals surface area contributed by atoms with Crippen molar-refractivity contribution in [2.24, 2.45) is 5.92 Å². The standard InChI is InChI=1S/C16H24N2O5S/c1-10(2)15(20)18-14(9-19)16(21)17-11(3)12-5-7-13(8-6-12)24(4,22)23/h5-8,10-11,14,19H,9H2,1-4H3,(H,17,21)(H,18,20)/t11-,14+/m1/s1. The van der Waals surface area contributed by atoms with Gasteiger partial charge < -0.3 is 15.7 Å². The molecule has 2 atom stereocenters. The predicted molar refractivity (Wildman–Crippen MR) is 90.0 cm³/mol. The quantitative estimate of drug-likeness (QED) is 0.655. The van der Waals surface area contributed by atoms with E-state index in [9.17, 15) is 23.1 Å². The second-order valence-electron chi connectivity index (χ2n) is 5.97. The van der Waals surface area contributed by atoms with Crippen molar-refractivity contribution in [3.63, 3.8) is 0 Å². The Kier molecular flexibility index (Phi) is 6.92. The molecule has 7 nitrogen and oxygen atoms in total. The fourth-order valence-corrected chi connectivity index (χ4v) is 2.56. The molecular weight excluding hydrogens is 332 g/mol. The van der Waals surface area contributed by atoms with E-state index in [0.29, 0.717) is 5.56 Å². The third-order valence-corrected chi connectivity index (χ3v) is 4.64. The number of carbonyl (C=O) groups is 2. The summed E-state index contributed by atoms with van der Waals surface area (Å²) in [5.74, 6) is -1.13. The highest BCUT2D eigenvalue weighted by molar-refractivity contribution is 7.90. The maximum Gasteiger partial charge on any atom is 0.245 e. The highest BCUT2D eigenvalue weighted by Crippen LogP contribution is 2.16. The number of carbonyl (C=O) groups excluding carboxylic acids is 2. The number of hydrogen-bond donors (Lipinski definition) is 3. The van der Waals surface area contributed by atoms with E-state index in [2.05, 4.69) is 10.6 Å². The Balaban J connectivity index is 2.76. The molecule has 0 aromatic heterocycles. The Hall–Kier alpha value is -1.93. The SMILES string of the molecule is CC(C)C(=O)N[C@@H](CO)C(=O)N[C@H](C)c1ccc(S(C)(=O)=O)cc1. The van der Waals surface area contributed by atoms with Gasteiger partial charge in [0.2, 0.25) is 11.8 Å². The molecule has 0 saturated carbocycles. The van der Waals surface area contributed by atoms with Crippen LogP contribution in [-0.2, 0) is 19.4 Å². The Morgan fingerprint density at radius 2 is 1.58 bits per heavy atom. The summed E-state index contributed by atoms with van der Waals surface area (Å²) in [4.78, 5) is 24.0. The van der Waals surface area contributed by atoms with E-state index in [-0.39, 0.29) is 16.7 Å². The minimum Gasteiger partial charge on any atom is -0.394 e. The number of sulfone groups is 1. The first-order chi connectivity index (χ1) is 11.1. The zero-order valence-electron chi connectivity index (χ0n) is 14.2. The number of benzene rings is 1. The van der Waals surface area contributed by atoms with Gasteiger partial charge in [0, 0.05) is 12.2 Å². The summed E-state index contributed by atoms with van der Waals surface area (Å²) in [5.41, 5.74) is 0.711. The monoisotopic (exact) mass is 356 g/mol. The zero-order chi connectivity index (χ0) is 18.5. The minimum atomic E-state index is -3.28. The van der Waals surface area contributed by atoms with Crippen molar-refractivity contribution in [2.75, 3.05) is 12.9 Å². The van der Waals surface area contributed by atoms with Crippen LogP contribution in [0.2, 0.25) is 0 Å². The second kappa shape index (κ2) is 8.25. The summed E-state index contributed by atoms with van der Waals surface area (Å²) in [7, 11) is -3.28. The summed E-state index contributed by atoms with van der Waals surface area (Å²) in [6.07, 6.45) is 1.12. The van der Waals surface area contributed by atoms with Crippen LogP contribution in [0.5, 0.6) is 0 Å². The van der Waals surface area contributed by atoms with Gasteiger partial charge in [-0.1, -0.05) is 26.0 Å². The molecule has 0 heterocycles. The number of hydrogen-bond acceptors (Lipinski definition) is 5. The number of aliphatic hydroxyl groups excluding tert-OH is 1. The maximum absolute atomic E-state index is 12.2. The van der Waals surface area contributed by atoms with Crippen LogP contribution in [0.25, 0.3) is 0 Å². The molecule has 0 radical (unpaired) electrons. The third-order valence-electron chi connectivity index (χ3n) is 3.51. The molecule has 8 heteroatoms. The van der Waals surface area contributed by atoms with E-state index in [4.69, 9.17) is 0 Å². The van der Waals surface area contributed by atoms with Gasteiger partial charge in [-0.05, 0) is 24.6 Å². The maximum atomic E-state index is 12.2. The normalized spacial score (nSPS) is 14.1. The average Bonchev–Trinajstić information content (AvgIpc) is 2.51. The van der Waals surface area contributed by atoms with Crippen molar-refractivity contribution < 1.29 is 23.1 Å². The summed E-state index contributed by atoms with van der Waals surface area (Å²) < 4.78 is 22.9. The van der Waals surface area contributed by atoms with Gasteiger partial charge in [0.05, 0.1) is 17.5 Å². The molecule has 0 aliphatic carbocycles. The third kappa shape index (κ3) is 5.61. The van der Waals surface area contributed by atoms with Crippen LogP contribution >= 0.6 is 0 Å². The lowest BCUT2D eigenvalue weighted by molar-refractivity contribution is -0.131. The Bertz CT molecular complexity index is 683. The van der Waals surface area contributed by atoms with Crippen LogP contribution in [0.4, 0.5) is 0 Å². The Morgan fingerprint density at radius 3 is 2.00 bits per heavy atom. The summed E-state index contributed by atoms with van der Waals surface area (Å²) in [6, 6.07) is 4.73. The molecule has 134 valence electrons. The molecule has 2 amide bonds. The molecule has 0 saturated heterocycles. The van der Waals surface area contributed by atoms with Gasteiger partial charge in [0.15, 0.2) is 9.84 Å². The Labute approximate surface area is 142 Å². The highest BCUT2D eigenvalue weighted by atomic mass is 32.2. The van der Waals surface area contributed by atoms with Gasteiger partial charge in [-0.15, -0.1) is 0 Å². The molecule has 0 unspecified atom stereocenters. The van der Waals surface area contributed by atoms with Gasteiger partial charge in [-0.2, -0.15) is 0 Å². The highest BCUT2D eigenvalue weighted by Gasteiger charge is 2.22. The predicted octanol–water partition coefficient (Wildman–Crippen LogP) is 0.400. The summed E-state index contributed by atoms with van der Waals surface area (Å²) in [6.45, 7) is 4.59. The van der Waals surface area contributed by atoms with Crippen LogP contribution < -0.4 is 10.6 Å².